The number of aryl methyl sites for hydroxylation is 1. The highest BCUT2D eigenvalue weighted by molar-refractivity contribution is 5.35. The lowest BCUT2D eigenvalue weighted by Crippen LogP contribution is -2.30. The molecule has 2 rings (SSSR count). The van der Waals surface area contributed by atoms with Gasteiger partial charge < -0.3 is 10.8 Å². The molecule has 0 bridgehead atoms. The standard InChI is InChI=1S/C11H15NO/c12-11(7-13)10-6-5-8-3-1-2-4-9(8)10/h1-4,10-11,13H,5-7,12H2/t10?,11-/m0/s1. The molecular weight excluding hydrogens is 162 g/mol. The molecule has 0 aromatic heterocycles. The van der Waals surface area contributed by atoms with Gasteiger partial charge in [0.15, 0.2) is 0 Å². The van der Waals surface area contributed by atoms with Crippen molar-refractivity contribution in [1.29, 1.82) is 0 Å². The molecule has 1 aliphatic carbocycles. The zero-order valence-electron chi connectivity index (χ0n) is 7.61. The van der Waals surface area contributed by atoms with Gasteiger partial charge in [0.25, 0.3) is 0 Å². The van der Waals surface area contributed by atoms with E-state index in [1.165, 1.54) is 11.1 Å². The normalized spacial score (nSPS) is 22.8. The predicted molar refractivity (Wildman–Crippen MR) is 52.6 cm³/mol. The van der Waals surface area contributed by atoms with Gasteiger partial charge in [0.2, 0.25) is 0 Å². The molecule has 0 heterocycles. The minimum atomic E-state index is -0.0938. The molecule has 13 heavy (non-hydrogen) atoms. The Morgan fingerprint density at radius 1 is 1.46 bits per heavy atom. The predicted octanol–water partition coefficient (Wildman–Crippen LogP) is 1.04. The second-order valence-electron chi connectivity index (χ2n) is 3.69. The highest BCUT2D eigenvalue weighted by Crippen LogP contribution is 2.34. The van der Waals surface area contributed by atoms with Crippen LogP contribution >= 0.6 is 0 Å². The van der Waals surface area contributed by atoms with Gasteiger partial charge >= 0.3 is 0 Å². The van der Waals surface area contributed by atoms with Gasteiger partial charge in [-0.2, -0.15) is 0 Å². The maximum atomic E-state index is 9.00. The molecule has 3 N–H and O–H groups in total. The van der Waals surface area contributed by atoms with E-state index in [9.17, 15) is 0 Å². The Hall–Kier alpha value is -0.860. The summed E-state index contributed by atoms with van der Waals surface area (Å²) in [5.74, 6) is 0.362. The van der Waals surface area contributed by atoms with Crippen LogP contribution < -0.4 is 5.73 Å². The van der Waals surface area contributed by atoms with Crippen LogP contribution in [0.4, 0.5) is 0 Å². The van der Waals surface area contributed by atoms with Crippen LogP contribution in [0.5, 0.6) is 0 Å². The minimum absolute atomic E-state index is 0.0823. The quantitative estimate of drug-likeness (QED) is 0.709. The minimum Gasteiger partial charge on any atom is -0.395 e. The van der Waals surface area contributed by atoms with E-state index in [1.807, 2.05) is 6.07 Å². The first-order valence-corrected chi connectivity index (χ1v) is 4.77. The molecule has 0 fully saturated rings. The number of rotatable bonds is 2. The molecule has 70 valence electrons. The van der Waals surface area contributed by atoms with Crippen molar-refractivity contribution in [3.05, 3.63) is 35.4 Å². The first-order chi connectivity index (χ1) is 6.33. The zero-order valence-corrected chi connectivity index (χ0v) is 7.61. The van der Waals surface area contributed by atoms with Gasteiger partial charge in [-0.25, -0.2) is 0 Å². The van der Waals surface area contributed by atoms with Gasteiger partial charge in [-0.05, 0) is 24.0 Å². The molecule has 2 atom stereocenters. The molecule has 0 amide bonds. The van der Waals surface area contributed by atoms with E-state index in [4.69, 9.17) is 10.8 Å². The van der Waals surface area contributed by atoms with E-state index in [0.29, 0.717) is 5.92 Å². The van der Waals surface area contributed by atoms with Crippen LogP contribution in [0.3, 0.4) is 0 Å². The van der Waals surface area contributed by atoms with Crippen molar-refractivity contribution in [2.75, 3.05) is 6.61 Å². The lowest BCUT2D eigenvalue weighted by Gasteiger charge is -2.17. The zero-order chi connectivity index (χ0) is 9.26. The van der Waals surface area contributed by atoms with Gasteiger partial charge in [-0.3, -0.25) is 0 Å². The Labute approximate surface area is 78.4 Å². The van der Waals surface area contributed by atoms with Crippen LogP contribution in [0.25, 0.3) is 0 Å². The molecule has 0 saturated carbocycles. The van der Waals surface area contributed by atoms with Crippen molar-refractivity contribution in [3.8, 4) is 0 Å². The third-order valence-corrected chi connectivity index (χ3v) is 2.91. The summed E-state index contributed by atoms with van der Waals surface area (Å²) in [5, 5.41) is 9.00. The van der Waals surface area contributed by atoms with Crippen LogP contribution in [0.1, 0.15) is 23.5 Å². The maximum absolute atomic E-state index is 9.00. The fourth-order valence-corrected chi connectivity index (χ4v) is 2.16. The number of aliphatic hydroxyl groups is 1. The highest BCUT2D eigenvalue weighted by Gasteiger charge is 2.26. The van der Waals surface area contributed by atoms with E-state index in [1.54, 1.807) is 0 Å². The summed E-state index contributed by atoms with van der Waals surface area (Å²) < 4.78 is 0. The van der Waals surface area contributed by atoms with E-state index in [-0.39, 0.29) is 12.6 Å². The number of fused-ring (bicyclic) bond motifs is 1. The summed E-state index contributed by atoms with van der Waals surface area (Å²) in [5.41, 5.74) is 8.58. The fraction of sp³-hybridized carbons (Fsp3) is 0.455. The number of benzene rings is 1. The molecule has 1 aromatic carbocycles. The van der Waals surface area contributed by atoms with Crippen LogP contribution in [-0.2, 0) is 6.42 Å². The van der Waals surface area contributed by atoms with Crippen molar-refractivity contribution in [2.24, 2.45) is 5.73 Å². The number of nitrogens with two attached hydrogens (primary N) is 1. The van der Waals surface area contributed by atoms with E-state index < -0.39 is 0 Å². The number of hydrogen-bond acceptors (Lipinski definition) is 2. The van der Waals surface area contributed by atoms with Gasteiger partial charge in [0.1, 0.15) is 0 Å². The van der Waals surface area contributed by atoms with Gasteiger partial charge in [-0.15, -0.1) is 0 Å². The summed E-state index contributed by atoms with van der Waals surface area (Å²) in [4.78, 5) is 0. The topological polar surface area (TPSA) is 46.2 Å². The fourth-order valence-electron chi connectivity index (χ4n) is 2.16. The number of hydrogen-bond donors (Lipinski definition) is 2. The third kappa shape index (κ3) is 1.47. The van der Waals surface area contributed by atoms with Gasteiger partial charge in [0, 0.05) is 12.0 Å². The lowest BCUT2D eigenvalue weighted by atomic mass is 9.94. The summed E-state index contributed by atoms with van der Waals surface area (Å²) in [6.45, 7) is 0.0823. The largest absolute Gasteiger partial charge is 0.395 e. The van der Waals surface area contributed by atoms with E-state index in [0.717, 1.165) is 12.8 Å². The molecule has 1 aliphatic rings. The lowest BCUT2D eigenvalue weighted by molar-refractivity contribution is 0.248. The Bertz CT molecular complexity index is 298. The van der Waals surface area contributed by atoms with Crippen molar-refractivity contribution in [2.45, 2.75) is 24.8 Å². The monoisotopic (exact) mass is 177 g/mol. The summed E-state index contributed by atoms with van der Waals surface area (Å²) >= 11 is 0. The summed E-state index contributed by atoms with van der Waals surface area (Å²) in [6, 6.07) is 8.29. The maximum Gasteiger partial charge on any atom is 0.0588 e. The van der Waals surface area contributed by atoms with E-state index in [2.05, 4.69) is 18.2 Å². The van der Waals surface area contributed by atoms with Crippen LogP contribution in [0.15, 0.2) is 24.3 Å². The number of aliphatic hydroxyl groups excluding tert-OH is 1. The molecule has 1 unspecified atom stereocenters. The van der Waals surface area contributed by atoms with Crippen molar-refractivity contribution < 1.29 is 5.11 Å². The Morgan fingerprint density at radius 3 is 3.00 bits per heavy atom. The van der Waals surface area contributed by atoms with Crippen molar-refractivity contribution in [1.82, 2.24) is 0 Å². The highest BCUT2D eigenvalue weighted by atomic mass is 16.3. The van der Waals surface area contributed by atoms with Gasteiger partial charge in [-0.1, -0.05) is 24.3 Å². The first-order valence-electron chi connectivity index (χ1n) is 4.77. The van der Waals surface area contributed by atoms with Crippen molar-refractivity contribution in [3.63, 3.8) is 0 Å². The Balaban J connectivity index is 2.28. The summed E-state index contributed by atoms with van der Waals surface area (Å²) in [6.07, 6.45) is 2.19. The van der Waals surface area contributed by atoms with Crippen LogP contribution in [0.2, 0.25) is 0 Å². The molecular formula is C11H15NO. The van der Waals surface area contributed by atoms with Crippen LogP contribution in [-0.4, -0.2) is 17.8 Å². The third-order valence-electron chi connectivity index (χ3n) is 2.91. The first kappa shape index (κ1) is 8.73. The molecule has 0 saturated heterocycles. The van der Waals surface area contributed by atoms with Crippen LogP contribution in [0, 0.1) is 0 Å². The molecule has 1 aromatic rings. The summed E-state index contributed by atoms with van der Waals surface area (Å²) in [7, 11) is 0. The van der Waals surface area contributed by atoms with Gasteiger partial charge in [0.05, 0.1) is 6.61 Å². The molecule has 2 nitrogen and oxygen atoms in total. The molecule has 0 spiro atoms. The second-order valence-corrected chi connectivity index (χ2v) is 3.69. The van der Waals surface area contributed by atoms with Crippen molar-refractivity contribution >= 4 is 0 Å². The average molecular weight is 177 g/mol. The Morgan fingerprint density at radius 2 is 2.23 bits per heavy atom. The molecule has 0 radical (unpaired) electrons. The molecule has 0 aliphatic heterocycles. The average Bonchev–Trinajstić information content (AvgIpc) is 2.60. The van der Waals surface area contributed by atoms with E-state index >= 15 is 0 Å². The smallest absolute Gasteiger partial charge is 0.0588 e. The second kappa shape index (κ2) is 3.48. The Kier molecular flexibility index (Phi) is 2.34. The molecule has 2 heteroatoms. The SMILES string of the molecule is N[C@@H](CO)C1CCc2ccccc21.